The van der Waals surface area contributed by atoms with Crippen molar-refractivity contribution in [1.82, 2.24) is 19.9 Å². The number of amides is 1. The predicted molar refractivity (Wildman–Crippen MR) is 139 cm³/mol. The van der Waals surface area contributed by atoms with Crippen molar-refractivity contribution >= 4 is 22.7 Å². The molecule has 40 heavy (non-hydrogen) atoms. The summed E-state index contributed by atoms with van der Waals surface area (Å²) in [5.41, 5.74) is 0.848. The third kappa shape index (κ3) is 5.91. The van der Waals surface area contributed by atoms with Crippen LogP contribution >= 0.6 is 0 Å². The van der Waals surface area contributed by atoms with Crippen LogP contribution in [0.3, 0.4) is 0 Å². The number of carbonyl (C=O) groups excluding carboxylic acids is 1. The van der Waals surface area contributed by atoms with Crippen molar-refractivity contribution in [3.63, 3.8) is 0 Å². The van der Waals surface area contributed by atoms with Gasteiger partial charge in [-0.25, -0.2) is 19.7 Å². The molecule has 0 spiro atoms. The first-order valence-electron chi connectivity index (χ1n) is 12.4. The Morgan fingerprint density at radius 1 is 1.05 bits per heavy atom. The van der Waals surface area contributed by atoms with Gasteiger partial charge in [-0.15, -0.1) is 0 Å². The third-order valence-electron chi connectivity index (χ3n) is 6.07. The van der Waals surface area contributed by atoms with Gasteiger partial charge in [-0.2, -0.15) is 13.2 Å². The van der Waals surface area contributed by atoms with E-state index in [1.807, 2.05) is 0 Å². The van der Waals surface area contributed by atoms with E-state index in [-0.39, 0.29) is 30.5 Å². The lowest BCUT2D eigenvalue weighted by Gasteiger charge is -2.23. The summed E-state index contributed by atoms with van der Waals surface area (Å²) in [6, 6.07) is 12.9. The summed E-state index contributed by atoms with van der Waals surface area (Å²) in [5.74, 6) is 0.479. The Kier molecular flexibility index (Phi) is 6.96. The smallest absolute Gasteiger partial charge is 0.416 e. The van der Waals surface area contributed by atoms with E-state index in [4.69, 9.17) is 9.47 Å². The van der Waals surface area contributed by atoms with Crippen LogP contribution in [0.1, 0.15) is 49.4 Å². The van der Waals surface area contributed by atoms with E-state index < -0.39 is 29.7 Å². The fraction of sp³-hybridized carbons (Fsp3) is 0.286. The third-order valence-corrected chi connectivity index (χ3v) is 6.07. The fourth-order valence-corrected chi connectivity index (χ4v) is 4.27. The number of halogens is 3. The van der Waals surface area contributed by atoms with Crippen molar-refractivity contribution in [2.24, 2.45) is 0 Å². The number of pyridine rings is 1. The molecule has 5 rings (SSSR count). The zero-order valence-electron chi connectivity index (χ0n) is 21.9. The minimum atomic E-state index is -4.50. The van der Waals surface area contributed by atoms with E-state index in [0.29, 0.717) is 27.7 Å². The summed E-state index contributed by atoms with van der Waals surface area (Å²) in [5, 5.41) is 14.1. The number of aliphatic hydroxyl groups excluding tert-OH is 1. The number of aliphatic hydroxyl groups is 1. The van der Waals surface area contributed by atoms with Gasteiger partial charge in [-0.3, -0.25) is 4.90 Å². The van der Waals surface area contributed by atoms with Crippen LogP contribution in [-0.2, 0) is 24.0 Å². The minimum absolute atomic E-state index is 0.116. The number of alkyl halides is 3. The van der Waals surface area contributed by atoms with Crippen LogP contribution in [0.15, 0.2) is 60.9 Å². The molecule has 4 aromatic rings. The molecule has 0 radical (unpaired) electrons. The molecule has 0 bridgehead atoms. The van der Waals surface area contributed by atoms with E-state index in [1.54, 1.807) is 51.1 Å². The van der Waals surface area contributed by atoms with Gasteiger partial charge in [-0.05, 0) is 51.1 Å². The second-order valence-corrected chi connectivity index (χ2v) is 10.2. The topological polar surface area (TPSA) is 110 Å². The molecule has 2 aromatic carbocycles. The number of benzene rings is 2. The molecule has 2 N–H and O–H groups in total. The van der Waals surface area contributed by atoms with Gasteiger partial charge in [-0.1, -0.05) is 18.2 Å². The van der Waals surface area contributed by atoms with E-state index in [1.165, 1.54) is 23.4 Å². The van der Waals surface area contributed by atoms with Crippen LogP contribution in [0.4, 0.5) is 23.7 Å². The number of nitrogens with zero attached hydrogens (tertiary/aromatic N) is 4. The number of hydrogen-bond acceptors (Lipinski definition) is 8. The van der Waals surface area contributed by atoms with Gasteiger partial charge in [0.25, 0.3) is 0 Å². The minimum Gasteiger partial charge on any atom is -0.444 e. The number of aromatic nitrogens is 3. The Morgan fingerprint density at radius 3 is 2.58 bits per heavy atom. The second kappa shape index (κ2) is 10.3. The number of fused-ring (bicyclic) bond motifs is 2. The molecular weight excluding hydrogens is 527 g/mol. The number of rotatable bonds is 5. The molecule has 0 saturated carbocycles. The average molecular weight is 554 g/mol. The molecule has 12 heteroatoms. The molecular formula is C28H26F3N5O4. The maximum Gasteiger partial charge on any atom is 0.416 e. The van der Waals surface area contributed by atoms with Crippen molar-refractivity contribution in [1.29, 1.82) is 0 Å². The molecule has 1 amide bonds. The average Bonchev–Trinajstić information content (AvgIpc) is 3.33. The molecule has 0 fully saturated rings. The Morgan fingerprint density at radius 2 is 1.82 bits per heavy atom. The van der Waals surface area contributed by atoms with E-state index in [2.05, 4.69) is 20.3 Å². The SMILES string of the molecule is CC(C)(C)OC(=O)N1Cc2ncnc(Oc3ccc4c(C(O)Nc5cccc(C(F)(F)F)c5)cccc4n3)c2C1. The van der Waals surface area contributed by atoms with Gasteiger partial charge in [0.15, 0.2) is 6.23 Å². The number of nitrogens with one attached hydrogen (secondary N) is 1. The monoisotopic (exact) mass is 553 g/mol. The fourth-order valence-electron chi connectivity index (χ4n) is 4.27. The lowest BCUT2D eigenvalue weighted by atomic mass is 10.1. The summed E-state index contributed by atoms with van der Waals surface area (Å²) >= 11 is 0. The number of ether oxygens (including phenoxy) is 2. The summed E-state index contributed by atoms with van der Waals surface area (Å²) in [4.78, 5) is 27.1. The van der Waals surface area contributed by atoms with Gasteiger partial charge < -0.3 is 19.9 Å². The van der Waals surface area contributed by atoms with Gasteiger partial charge in [0.1, 0.15) is 11.9 Å². The van der Waals surface area contributed by atoms with Crippen molar-refractivity contribution in [3.05, 3.63) is 83.3 Å². The summed E-state index contributed by atoms with van der Waals surface area (Å²) < 4.78 is 50.7. The molecule has 1 atom stereocenters. The highest BCUT2D eigenvalue weighted by Gasteiger charge is 2.32. The zero-order chi connectivity index (χ0) is 28.7. The highest BCUT2D eigenvalue weighted by molar-refractivity contribution is 5.83. The van der Waals surface area contributed by atoms with Gasteiger partial charge in [0.2, 0.25) is 11.8 Å². The lowest BCUT2D eigenvalue weighted by Crippen LogP contribution is -2.33. The highest BCUT2D eigenvalue weighted by atomic mass is 19.4. The van der Waals surface area contributed by atoms with Crippen molar-refractivity contribution < 1.29 is 32.5 Å². The molecule has 208 valence electrons. The standard InChI is InChI=1S/C28H26F3N5O4/c1-27(2,3)40-26(38)36-13-20-22(14-36)32-15-33-25(20)39-23-11-10-18-19(8-5-9-21(18)35-23)24(37)34-17-7-4-6-16(12-17)28(29,30)31/h4-12,15,24,34,37H,13-14H2,1-3H3. The normalized spacial score (nSPS) is 14.1. The largest absolute Gasteiger partial charge is 0.444 e. The Balaban J connectivity index is 1.35. The molecule has 2 aromatic heterocycles. The lowest BCUT2D eigenvalue weighted by molar-refractivity contribution is -0.137. The summed E-state index contributed by atoms with van der Waals surface area (Å²) in [6.45, 7) is 5.85. The molecule has 1 aliphatic rings. The molecule has 9 nitrogen and oxygen atoms in total. The van der Waals surface area contributed by atoms with E-state index in [0.717, 1.165) is 12.1 Å². The molecule has 1 aliphatic heterocycles. The Bertz CT molecular complexity index is 1570. The van der Waals surface area contributed by atoms with Crippen LogP contribution in [0.5, 0.6) is 11.8 Å². The maximum atomic E-state index is 13.1. The Labute approximate surface area is 227 Å². The first kappa shape index (κ1) is 27.1. The second-order valence-electron chi connectivity index (χ2n) is 10.2. The van der Waals surface area contributed by atoms with Crippen LogP contribution in [-0.4, -0.2) is 36.7 Å². The zero-order valence-corrected chi connectivity index (χ0v) is 21.9. The van der Waals surface area contributed by atoms with Gasteiger partial charge >= 0.3 is 12.3 Å². The van der Waals surface area contributed by atoms with Crippen molar-refractivity contribution in [2.75, 3.05) is 5.32 Å². The van der Waals surface area contributed by atoms with Crippen molar-refractivity contribution in [2.45, 2.75) is 51.9 Å². The van der Waals surface area contributed by atoms with E-state index in [9.17, 15) is 23.1 Å². The number of hydrogen-bond donors (Lipinski definition) is 2. The maximum absolute atomic E-state index is 13.1. The van der Waals surface area contributed by atoms with Gasteiger partial charge in [0, 0.05) is 22.7 Å². The van der Waals surface area contributed by atoms with Crippen LogP contribution in [0.25, 0.3) is 10.9 Å². The van der Waals surface area contributed by atoms with Gasteiger partial charge in [0.05, 0.1) is 35.4 Å². The number of anilines is 1. The molecule has 1 unspecified atom stereocenters. The van der Waals surface area contributed by atoms with Crippen LogP contribution in [0.2, 0.25) is 0 Å². The highest BCUT2D eigenvalue weighted by Crippen LogP contribution is 2.34. The molecule has 0 aliphatic carbocycles. The van der Waals surface area contributed by atoms with E-state index >= 15 is 0 Å². The summed E-state index contributed by atoms with van der Waals surface area (Å²) in [6.07, 6.45) is -4.92. The summed E-state index contributed by atoms with van der Waals surface area (Å²) in [7, 11) is 0. The van der Waals surface area contributed by atoms with Crippen LogP contribution in [0, 0.1) is 0 Å². The van der Waals surface area contributed by atoms with Crippen molar-refractivity contribution in [3.8, 4) is 11.8 Å². The quantitative estimate of drug-likeness (QED) is 0.282. The first-order valence-corrected chi connectivity index (χ1v) is 12.4. The predicted octanol–water partition coefficient (Wildman–Crippen LogP) is 6.19. The molecule has 0 saturated heterocycles. The number of carbonyl (C=O) groups is 1. The van der Waals surface area contributed by atoms with Crippen LogP contribution < -0.4 is 10.1 Å². The first-order chi connectivity index (χ1) is 18.9. The molecule has 3 heterocycles. The Hall–Kier alpha value is -4.45.